The van der Waals surface area contributed by atoms with E-state index in [1.807, 2.05) is 63.2 Å². The number of ether oxygens (including phenoxy) is 1. The number of hydrogen-bond donors (Lipinski definition) is 0. The molecule has 1 aromatic heterocycles. The Balaban J connectivity index is 1.86. The van der Waals surface area contributed by atoms with Gasteiger partial charge in [-0.05, 0) is 62.2 Å². The molecule has 0 bridgehead atoms. The second-order valence-electron chi connectivity index (χ2n) is 8.28. The van der Waals surface area contributed by atoms with Crippen LogP contribution in [0.2, 0.25) is 5.02 Å². The number of benzene rings is 2. The Labute approximate surface area is 219 Å². The van der Waals surface area contributed by atoms with E-state index < -0.39 is 6.04 Å². The Hall–Kier alpha value is -3.42. The summed E-state index contributed by atoms with van der Waals surface area (Å²) in [6.45, 7) is 10.9. The SMILES string of the molecule is C=CCOc1ccc(/C=c2/sc3n(c2=O)[C@H](c2ccc(Cl)cc2)C(C(=O)N(CC)CC)=C(C)N=3)cc1. The van der Waals surface area contributed by atoms with Crippen molar-refractivity contribution in [1.29, 1.82) is 0 Å². The molecule has 1 aliphatic heterocycles. The second kappa shape index (κ2) is 11.1. The van der Waals surface area contributed by atoms with Gasteiger partial charge in [0.25, 0.3) is 11.5 Å². The molecule has 2 heterocycles. The lowest BCUT2D eigenvalue weighted by molar-refractivity contribution is -0.127. The molecule has 8 heteroatoms. The number of rotatable bonds is 8. The molecule has 0 fully saturated rings. The van der Waals surface area contributed by atoms with Crippen LogP contribution < -0.4 is 19.6 Å². The molecule has 1 atom stereocenters. The molecular formula is C28H28ClN3O3S. The average Bonchev–Trinajstić information content (AvgIpc) is 3.18. The van der Waals surface area contributed by atoms with Gasteiger partial charge in [-0.25, -0.2) is 4.99 Å². The van der Waals surface area contributed by atoms with Gasteiger partial charge in [0.05, 0.1) is 21.8 Å². The highest BCUT2D eigenvalue weighted by atomic mass is 35.5. The number of carbonyl (C=O) groups excluding carboxylic acids is 1. The summed E-state index contributed by atoms with van der Waals surface area (Å²) < 4.78 is 7.71. The van der Waals surface area contributed by atoms with Crippen LogP contribution in [0.4, 0.5) is 0 Å². The molecule has 0 aliphatic carbocycles. The summed E-state index contributed by atoms with van der Waals surface area (Å²) >= 11 is 7.46. The standard InChI is InChI=1S/C28H28ClN3O3S/c1-5-16-35-22-14-8-19(9-15-22)17-23-26(33)32-25(20-10-12-21(29)13-11-20)24(18(4)30-28(32)36-23)27(34)31(6-2)7-3/h5,8-15,17,25H,1,6-7,16H2,2-4H3/b23-17+/t25-/m1/s1. The van der Waals surface area contributed by atoms with Gasteiger partial charge in [-0.2, -0.15) is 0 Å². The fourth-order valence-corrected chi connectivity index (χ4v) is 5.38. The number of allylic oxidation sites excluding steroid dienone is 1. The molecule has 3 aromatic rings. The number of amides is 1. The van der Waals surface area contributed by atoms with Crippen LogP contribution in [-0.2, 0) is 4.79 Å². The second-order valence-corrected chi connectivity index (χ2v) is 9.73. The van der Waals surface area contributed by atoms with Gasteiger partial charge in [0.1, 0.15) is 12.4 Å². The highest BCUT2D eigenvalue weighted by Crippen LogP contribution is 2.31. The van der Waals surface area contributed by atoms with Crippen molar-refractivity contribution < 1.29 is 9.53 Å². The van der Waals surface area contributed by atoms with Crippen LogP contribution in [0, 0.1) is 0 Å². The van der Waals surface area contributed by atoms with E-state index >= 15 is 0 Å². The first-order chi connectivity index (χ1) is 17.4. The molecule has 0 unspecified atom stereocenters. The average molecular weight is 522 g/mol. The summed E-state index contributed by atoms with van der Waals surface area (Å²) in [4.78, 5) is 34.3. The van der Waals surface area contributed by atoms with Crippen molar-refractivity contribution in [3.05, 3.63) is 108 Å². The van der Waals surface area contributed by atoms with E-state index in [0.717, 1.165) is 16.9 Å². The number of likely N-dealkylation sites (N-methyl/N-ethyl adjacent to an activating group) is 1. The fraction of sp³-hybridized carbons (Fsp3) is 0.250. The van der Waals surface area contributed by atoms with E-state index in [2.05, 4.69) is 6.58 Å². The number of halogens is 1. The molecule has 6 nitrogen and oxygen atoms in total. The van der Waals surface area contributed by atoms with Gasteiger partial charge in [0.15, 0.2) is 4.80 Å². The third-order valence-electron chi connectivity index (χ3n) is 6.03. The van der Waals surface area contributed by atoms with E-state index in [0.29, 0.717) is 45.3 Å². The quantitative estimate of drug-likeness (QED) is 0.415. The van der Waals surface area contributed by atoms with Gasteiger partial charge in [0, 0.05) is 18.1 Å². The van der Waals surface area contributed by atoms with Crippen molar-refractivity contribution in [1.82, 2.24) is 9.47 Å². The maximum absolute atomic E-state index is 13.7. The minimum Gasteiger partial charge on any atom is -0.490 e. The lowest BCUT2D eigenvalue weighted by Gasteiger charge is -2.29. The first-order valence-corrected chi connectivity index (χ1v) is 13.0. The largest absolute Gasteiger partial charge is 0.490 e. The summed E-state index contributed by atoms with van der Waals surface area (Å²) in [7, 11) is 0. The minimum absolute atomic E-state index is 0.120. The molecule has 186 valence electrons. The zero-order valence-electron chi connectivity index (χ0n) is 20.5. The Kier molecular flexibility index (Phi) is 7.91. The zero-order valence-corrected chi connectivity index (χ0v) is 22.1. The molecule has 1 aliphatic rings. The Morgan fingerprint density at radius 3 is 2.44 bits per heavy atom. The van der Waals surface area contributed by atoms with Gasteiger partial charge >= 0.3 is 0 Å². The summed E-state index contributed by atoms with van der Waals surface area (Å²) in [6.07, 6.45) is 3.53. The zero-order chi connectivity index (χ0) is 25.8. The molecule has 36 heavy (non-hydrogen) atoms. The summed E-state index contributed by atoms with van der Waals surface area (Å²) in [5.41, 5.74) is 2.60. The van der Waals surface area contributed by atoms with Gasteiger partial charge in [-0.15, -0.1) is 0 Å². The van der Waals surface area contributed by atoms with Crippen LogP contribution in [0.1, 0.15) is 37.9 Å². The van der Waals surface area contributed by atoms with Crippen molar-refractivity contribution >= 4 is 34.9 Å². The topological polar surface area (TPSA) is 63.9 Å². The lowest BCUT2D eigenvalue weighted by Crippen LogP contribution is -2.43. The predicted molar refractivity (Wildman–Crippen MR) is 145 cm³/mol. The van der Waals surface area contributed by atoms with Crippen LogP contribution in [0.25, 0.3) is 6.08 Å². The van der Waals surface area contributed by atoms with Crippen molar-refractivity contribution in [2.45, 2.75) is 26.8 Å². The predicted octanol–water partition coefficient (Wildman–Crippen LogP) is 4.32. The molecule has 0 spiro atoms. The fourth-order valence-electron chi connectivity index (χ4n) is 4.20. The van der Waals surface area contributed by atoms with Crippen LogP contribution >= 0.6 is 22.9 Å². The molecule has 0 radical (unpaired) electrons. The molecular weight excluding hydrogens is 494 g/mol. The van der Waals surface area contributed by atoms with E-state index in [-0.39, 0.29) is 11.5 Å². The maximum Gasteiger partial charge on any atom is 0.271 e. The van der Waals surface area contributed by atoms with Crippen molar-refractivity contribution in [2.75, 3.05) is 19.7 Å². The first kappa shape index (κ1) is 25.7. The number of hydrogen-bond acceptors (Lipinski definition) is 5. The smallest absolute Gasteiger partial charge is 0.271 e. The monoisotopic (exact) mass is 521 g/mol. The van der Waals surface area contributed by atoms with E-state index in [1.165, 1.54) is 11.3 Å². The van der Waals surface area contributed by atoms with Crippen molar-refractivity contribution in [2.24, 2.45) is 4.99 Å². The first-order valence-electron chi connectivity index (χ1n) is 11.8. The normalized spacial score (nSPS) is 15.3. The van der Waals surface area contributed by atoms with Crippen LogP contribution in [-0.4, -0.2) is 35.1 Å². The molecule has 4 rings (SSSR count). The lowest BCUT2D eigenvalue weighted by atomic mass is 9.94. The van der Waals surface area contributed by atoms with Crippen LogP contribution in [0.15, 0.2) is 82.2 Å². The van der Waals surface area contributed by atoms with Crippen LogP contribution in [0.3, 0.4) is 0 Å². The van der Waals surface area contributed by atoms with Gasteiger partial charge in [-0.3, -0.25) is 14.2 Å². The minimum atomic E-state index is -0.594. The number of thiazole rings is 1. The van der Waals surface area contributed by atoms with Gasteiger partial charge in [0.2, 0.25) is 0 Å². The summed E-state index contributed by atoms with van der Waals surface area (Å²) in [6, 6.07) is 14.2. The number of carbonyl (C=O) groups is 1. The highest BCUT2D eigenvalue weighted by molar-refractivity contribution is 7.07. The van der Waals surface area contributed by atoms with Crippen molar-refractivity contribution in [3.8, 4) is 5.75 Å². The third-order valence-corrected chi connectivity index (χ3v) is 7.27. The highest BCUT2D eigenvalue weighted by Gasteiger charge is 2.34. The number of fused-ring (bicyclic) bond motifs is 1. The number of aromatic nitrogens is 1. The van der Waals surface area contributed by atoms with Gasteiger partial charge < -0.3 is 9.64 Å². The maximum atomic E-state index is 13.7. The van der Waals surface area contributed by atoms with E-state index in [1.54, 1.807) is 27.7 Å². The van der Waals surface area contributed by atoms with Gasteiger partial charge in [-0.1, -0.05) is 59.9 Å². The van der Waals surface area contributed by atoms with Crippen molar-refractivity contribution in [3.63, 3.8) is 0 Å². The Morgan fingerprint density at radius 2 is 1.83 bits per heavy atom. The Bertz CT molecular complexity index is 1480. The molecule has 0 saturated carbocycles. The molecule has 0 saturated heterocycles. The van der Waals surface area contributed by atoms with E-state index in [4.69, 9.17) is 21.3 Å². The Morgan fingerprint density at radius 1 is 1.17 bits per heavy atom. The molecule has 1 amide bonds. The molecule has 2 aromatic carbocycles. The summed E-state index contributed by atoms with van der Waals surface area (Å²) in [5.74, 6) is 0.608. The summed E-state index contributed by atoms with van der Waals surface area (Å²) in [5, 5.41) is 0.587. The number of nitrogens with zero attached hydrogens (tertiary/aromatic N) is 3. The van der Waals surface area contributed by atoms with E-state index in [9.17, 15) is 9.59 Å². The molecule has 0 N–H and O–H groups in total. The third kappa shape index (κ3) is 5.08. The van der Waals surface area contributed by atoms with Crippen LogP contribution in [0.5, 0.6) is 5.75 Å².